The summed E-state index contributed by atoms with van der Waals surface area (Å²) >= 11 is 7.08. The Labute approximate surface area is 156 Å². The van der Waals surface area contributed by atoms with E-state index in [0.717, 1.165) is 33.2 Å². The molecular formula is C16H17N2NaS2. The molecule has 2 aromatic carbocycles. The fraction of sp³-hybridized carbons (Fsp3) is 0.188. The Morgan fingerprint density at radius 1 is 1.14 bits per heavy atom. The van der Waals surface area contributed by atoms with E-state index in [9.17, 15) is 0 Å². The van der Waals surface area contributed by atoms with Crippen LogP contribution in [-0.2, 0) is 0 Å². The summed E-state index contributed by atoms with van der Waals surface area (Å²) in [6.45, 7) is 2.16. The molecule has 0 saturated carbocycles. The number of aromatic nitrogens is 1. The number of rotatable bonds is 3. The van der Waals surface area contributed by atoms with Crippen molar-refractivity contribution >= 4 is 85.4 Å². The maximum absolute atomic E-state index is 5.38. The van der Waals surface area contributed by atoms with E-state index in [1.807, 2.05) is 6.07 Å². The average molecular weight is 324 g/mol. The molecule has 0 fully saturated rings. The van der Waals surface area contributed by atoms with E-state index in [0.29, 0.717) is 0 Å². The molecule has 0 aliphatic heterocycles. The summed E-state index contributed by atoms with van der Waals surface area (Å²) in [4.78, 5) is 3.48. The van der Waals surface area contributed by atoms with Crippen molar-refractivity contribution in [3.63, 3.8) is 0 Å². The summed E-state index contributed by atoms with van der Waals surface area (Å²) < 4.78 is 0.831. The van der Waals surface area contributed by atoms with Crippen molar-refractivity contribution in [2.45, 2.75) is 13.3 Å². The summed E-state index contributed by atoms with van der Waals surface area (Å²) in [5.41, 5.74) is 3.32. The predicted molar refractivity (Wildman–Crippen MR) is 102 cm³/mol. The Kier molecular flexibility index (Phi) is 6.14. The van der Waals surface area contributed by atoms with E-state index in [2.05, 4.69) is 53.6 Å². The molecule has 2 N–H and O–H groups in total. The van der Waals surface area contributed by atoms with Crippen molar-refractivity contribution in [2.24, 2.45) is 0 Å². The number of thioether (sulfide) groups is 1. The molecule has 0 radical (unpaired) electrons. The molecule has 0 amide bonds. The molecule has 0 atom stereocenters. The van der Waals surface area contributed by atoms with E-state index >= 15 is 0 Å². The van der Waals surface area contributed by atoms with Crippen LogP contribution in [0, 0.1) is 0 Å². The molecule has 0 spiro atoms. The molecule has 21 heavy (non-hydrogen) atoms. The summed E-state index contributed by atoms with van der Waals surface area (Å²) in [5.74, 6) is 1.05. The van der Waals surface area contributed by atoms with Gasteiger partial charge in [-0.2, -0.15) is 0 Å². The zero-order valence-electron chi connectivity index (χ0n) is 11.3. The standard InChI is InChI=1S/C16H16N2S2.Na.H/c1-2-10-20-16(19)18-14-9-5-7-12-11-6-3-4-8-13(11)17-15(12)14;;/h3-9,17H,2,10H2,1H3,(H,18,19);;. The number of para-hydroxylation sites is 2. The van der Waals surface area contributed by atoms with Crippen LogP contribution in [0.5, 0.6) is 0 Å². The van der Waals surface area contributed by atoms with Gasteiger partial charge in [-0.05, 0) is 24.3 Å². The van der Waals surface area contributed by atoms with Gasteiger partial charge in [0.05, 0.1) is 11.2 Å². The fourth-order valence-electron chi connectivity index (χ4n) is 2.32. The molecule has 5 heteroatoms. The van der Waals surface area contributed by atoms with Crippen molar-refractivity contribution in [3.05, 3.63) is 42.5 Å². The summed E-state index contributed by atoms with van der Waals surface area (Å²) in [6, 6.07) is 14.6. The van der Waals surface area contributed by atoms with E-state index in [1.54, 1.807) is 11.8 Å². The molecule has 3 aromatic rings. The maximum atomic E-state index is 5.38. The second kappa shape index (κ2) is 7.65. The first-order chi connectivity index (χ1) is 9.79. The van der Waals surface area contributed by atoms with Gasteiger partial charge in [0.1, 0.15) is 4.32 Å². The van der Waals surface area contributed by atoms with Gasteiger partial charge < -0.3 is 10.3 Å². The van der Waals surface area contributed by atoms with Crippen molar-refractivity contribution in [1.29, 1.82) is 0 Å². The van der Waals surface area contributed by atoms with Crippen LogP contribution in [0.15, 0.2) is 42.5 Å². The molecule has 0 bridgehead atoms. The monoisotopic (exact) mass is 324 g/mol. The predicted octanol–water partition coefficient (Wildman–Crippen LogP) is 4.51. The van der Waals surface area contributed by atoms with Crippen LogP contribution in [0.3, 0.4) is 0 Å². The average Bonchev–Trinajstić information content (AvgIpc) is 2.85. The van der Waals surface area contributed by atoms with Crippen molar-refractivity contribution in [3.8, 4) is 0 Å². The first kappa shape index (κ1) is 16.8. The normalized spacial score (nSPS) is 10.5. The number of aromatic amines is 1. The molecule has 104 valence electrons. The van der Waals surface area contributed by atoms with E-state index in [1.165, 1.54) is 10.8 Å². The van der Waals surface area contributed by atoms with Gasteiger partial charge >= 0.3 is 29.6 Å². The minimum atomic E-state index is 0. The fourth-order valence-corrected chi connectivity index (χ4v) is 3.25. The number of anilines is 1. The van der Waals surface area contributed by atoms with Gasteiger partial charge in [0.2, 0.25) is 0 Å². The van der Waals surface area contributed by atoms with Gasteiger partial charge in [0.25, 0.3) is 0 Å². The second-order valence-electron chi connectivity index (χ2n) is 4.66. The summed E-state index contributed by atoms with van der Waals surface area (Å²) in [7, 11) is 0. The van der Waals surface area contributed by atoms with E-state index < -0.39 is 0 Å². The van der Waals surface area contributed by atoms with Crippen molar-refractivity contribution in [1.82, 2.24) is 4.98 Å². The summed E-state index contributed by atoms with van der Waals surface area (Å²) in [6.07, 6.45) is 1.13. The topological polar surface area (TPSA) is 27.8 Å². The van der Waals surface area contributed by atoms with Gasteiger partial charge in [-0.1, -0.05) is 61.2 Å². The van der Waals surface area contributed by atoms with Crippen LogP contribution >= 0.6 is 24.0 Å². The molecule has 0 saturated heterocycles. The van der Waals surface area contributed by atoms with Gasteiger partial charge in [-0.25, -0.2) is 0 Å². The third kappa shape index (κ3) is 3.63. The minimum absolute atomic E-state index is 0. The van der Waals surface area contributed by atoms with Crippen LogP contribution < -0.4 is 5.32 Å². The number of hydrogen-bond donors (Lipinski definition) is 2. The van der Waals surface area contributed by atoms with Crippen LogP contribution in [0.4, 0.5) is 5.69 Å². The number of benzene rings is 2. The zero-order valence-corrected chi connectivity index (χ0v) is 12.9. The number of fused-ring (bicyclic) bond motifs is 3. The zero-order chi connectivity index (χ0) is 13.9. The SMILES string of the molecule is CCCSC(=S)Nc1cccc2c1[nH]c1ccccc12.[NaH]. The first-order valence-corrected chi connectivity index (χ1v) is 8.12. The van der Waals surface area contributed by atoms with Crippen molar-refractivity contribution in [2.75, 3.05) is 11.1 Å². The van der Waals surface area contributed by atoms with Gasteiger partial charge in [-0.3, -0.25) is 0 Å². The Morgan fingerprint density at radius 2 is 1.90 bits per heavy atom. The third-order valence-corrected chi connectivity index (χ3v) is 4.65. The Balaban J connectivity index is 0.00000161. The molecular weight excluding hydrogens is 307 g/mol. The quantitative estimate of drug-likeness (QED) is 0.548. The number of H-pyrrole nitrogens is 1. The Morgan fingerprint density at radius 3 is 2.71 bits per heavy atom. The number of thiocarbonyl (C=S) groups is 1. The first-order valence-electron chi connectivity index (χ1n) is 6.73. The Hall–Kier alpha value is -0.520. The van der Waals surface area contributed by atoms with Gasteiger partial charge in [0, 0.05) is 16.3 Å². The number of nitrogens with one attached hydrogen (secondary N) is 2. The van der Waals surface area contributed by atoms with Crippen LogP contribution in [0.2, 0.25) is 0 Å². The van der Waals surface area contributed by atoms with E-state index in [-0.39, 0.29) is 29.6 Å². The Bertz CT molecular complexity index is 767. The molecule has 3 rings (SSSR count). The second-order valence-corrected chi connectivity index (χ2v) is 6.43. The summed E-state index contributed by atoms with van der Waals surface area (Å²) in [5, 5.41) is 5.82. The molecule has 0 aliphatic carbocycles. The van der Waals surface area contributed by atoms with E-state index in [4.69, 9.17) is 12.2 Å². The molecule has 2 nitrogen and oxygen atoms in total. The van der Waals surface area contributed by atoms with Crippen LogP contribution in [-0.4, -0.2) is 44.6 Å². The van der Waals surface area contributed by atoms with Crippen molar-refractivity contribution < 1.29 is 0 Å². The molecule has 1 heterocycles. The van der Waals surface area contributed by atoms with Gasteiger partial charge in [-0.15, -0.1) is 0 Å². The third-order valence-electron chi connectivity index (χ3n) is 3.22. The number of hydrogen-bond acceptors (Lipinski definition) is 2. The van der Waals surface area contributed by atoms with Crippen LogP contribution in [0.25, 0.3) is 21.8 Å². The van der Waals surface area contributed by atoms with Crippen LogP contribution in [0.1, 0.15) is 13.3 Å². The molecule has 1 aromatic heterocycles. The molecule has 0 aliphatic rings. The molecule has 0 unspecified atom stereocenters. The van der Waals surface area contributed by atoms with Gasteiger partial charge in [0.15, 0.2) is 0 Å².